The van der Waals surface area contributed by atoms with Gasteiger partial charge >= 0.3 is 0 Å². The summed E-state index contributed by atoms with van der Waals surface area (Å²) in [5, 5.41) is 3.60. The molecule has 0 aromatic heterocycles. The van der Waals surface area contributed by atoms with E-state index in [0.717, 1.165) is 5.56 Å². The van der Waals surface area contributed by atoms with E-state index in [-0.39, 0.29) is 5.91 Å². The summed E-state index contributed by atoms with van der Waals surface area (Å²) in [5.41, 5.74) is 0.744. The molecule has 2 rings (SSSR count). The third kappa shape index (κ3) is 2.58. The smallest absolute Gasteiger partial charge is 0.263 e. The number of nitrogens with one attached hydrogen (secondary N) is 1. The number of amides is 1. The zero-order valence-electron chi connectivity index (χ0n) is 7.79. The van der Waals surface area contributed by atoms with Gasteiger partial charge in [0.1, 0.15) is 4.32 Å². The van der Waals surface area contributed by atoms with Crippen molar-refractivity contribution in [3.8, 4) is 0 Å². The van der Waals surface area contributed by atoms with E-state index >= 15 is 0 Å². The minimum absolute atomic E-state index is 0.194. The number of thiocarbonyl (C=S) groups is 1. The van der Waals surface area contributed by atoms with Crippen LogP contribution >= 0.6 is 47.2 Å². The Hall–Kier alpha value is -0.550. The predicted molar refractivity (Wildman–Crippen MR) is 72.8 cm³/mol. The van der Waals surface area contributed by atoms with Crippen molar-refractivity contribution < 1.29 is 4.79 Å². The van der Waals surface area contributed by atoms with Gasteiger partial charge in [-0.3, -0.25) is 4.79 Å². The minimum atomic E-state index is -0.194. The number of rotatable bonds is 1. The maximum Gasteiger partial charge on any atom is 0.263 e. The van der Waals surface area contributed by atoms with E-state index in [1.807, 2.05) is 0 Å². The number of carbonyl (C=O) groups is 1. The van der Waals surface area contributed by atoms with Crippen molar-refractivity contribution in [2.75, 3.05) is 0 Å². The Kier molecular flexibility index (Phi) is 3.54. The fourth-order valence-corrected chi connectivity index (χ4v) is 2.68. The normalized spacial score (nSPS) is 18.0. The lowest BCUT2D eigenvalue weighted by Gasteiger charge is -1.99. The highest BCUT2D eigenvalue weighted by Crippen LogP contribution is 2.29. The number of halogens is 2. The number of benzene rings is 1. The molecule has 16 heavy (non-hydrogen) atoms. The van der Waals surface area contributed by atoms with Gasteiger partial charge in [-0.15, -0.1) is 0 Å². The first-order chi connectivity index (χ1) is 7.56. The second-order valence-electron chi connectivity index (χ2n) is 3.02. The van der Waals surface area contributed by atoms with Crippen LogP contribution in [0.4, 0.5) is 0 Å². The molecule has 2 nitrogen and oxygen atoms in total. The van der Waals surface area contributed by atoms with Crippen molar-refractivity contribution >= 4 is 63.5 Å². The first kappa shape index (κ1) is 11.9. The molecule has 0 radical (unpaired) electrons. The summed E-state index contributed by atoms with van der Waals surface area (Å²) in [7, 11) is 0. The fourth-order valence-electron chi connectivity index (χ4n) is 1.18. The summed E-state index contributed by atoms with van der Waals surface area (Å²) in [4.78, 5) is 11.9. The van der Waals surface area contributed by atoms with Crippen molar-refractivity contribution in [3.05, 3.63) is 38.7 Å². The maximum absolute atomic E-state index is 11.4. The molecule has 0 aliphatic carbocycles. The molecule has 1 aliphatic rings. The molecule has 0 spiro atoms. The lowest BCUT2D eigenvalue weighted by molar-refractivity contribution is -0.115. The zero-order chi connectivity index (χ0) is 11.7. The zero-order valence-corrected chi connectivity index (χ0v) is 10.9. The van der Waals surface area contributed by atoms with E-state index < -0.39 is 0 Å². The molecule has 1 aromatic carbocycles. The number of carbonyl (C=O) groups excluding carboxylic acids is 1. The molecule has 1 aliphatic heterocycles. The summed E-state index contributed by atoms with van der Waals surface area (Å²) in [5.74, 6) is -0.194. The molecule has 1 heterocycles. The van der Waals surface area contributed by atoms with Gasteiger partial charge in [-0.1, -0.05) is 53.2 Å². The van der Waals surface area contributed by atoms with Gasteiger partial charge in [0, 0.05) is 10.0 Å². The van der Waals surface area contributed by atoms with Crippen LogP contribution in [0.2, 0.25) is 10.0 Å². The standard InChI is InChI=1S/C10H5Cl2NOS2/c11-6-2-1-5(7(12)4-6)3-8-9(14)13-10(15)16-8/h1-4H,(H,13,14,15). The van der Waals surface area contributed by atoms with Gasteiger partial charge in [0.25, 0.3) is 5.91 Å². The highest BCUT2D eigenvalue weighted by atomic mass is 35.5. The van der Waals surface area contributed by atoms with E-state index in [4.69, 9.17) is 35.4 Å². The van der Waals surface area contributed by atoms with Crippen molar-refractivity contribution in [1.82, 2.24) is 5.32 Å². The van der Waals surface area contributed by atoms with Crippen LogP contribution in [-0.4, -0.2) is 10.2 Å². The first-order valence-corrected chi connectivity index (χ1v) is 6.24. The summed E-state index contributed by atoms with van der Waals surface area (Å²) in [6, 6.07) is 5.11. The van der Waals surface area contributed by atoms with Crippen LogP contribution in [0.25, 0.3) is 6.08 Å². The topological polar surface area (TPSA) is 29.1 Å². The number of thioether (sulfide) groups is 1. The molecular formula is C10H5Cl2NOS2. The van der Waals surface area contributed by atoms with Crippen LogP contribution in [-0.2, 0) is 4.79 Å². The lowest BCUT2D eigenvalue weighted by Crippen LogP contribution is -2.17. The lowest BCUT2D eigenvalue weighted by atomic mass is 10.2. The Labute approximate surface area is 112 Å². The van der Waals surface area contributed by atoms with E-state index in [0.29, 0.717) is 19.3 Å². The molecular weight excluding hydrogens is 285 g/mol. The average molecular weight is 290 g/mol. The third-order valence-electron chi connectivity index (χ3n) is 1.89. The largest absolute Gasteiger partial charge is 0.307 e. The Balaban J connectivity index is 2.36. The third-order valence-corrected chi connectivity index (χ3v) is 3.62. The van der Waals surface area contributed by atoms with Crippen LogP contribution in [0, 0.1) is 0 Å². The van der Waals surface area contributed by atoms with Crippen LogP contribution in [0.15, 0.2) is 23.1 Å². The van der Waals surface area contributed by atoms with E-state index in [9.17, 15) is 4.79 Å². The van der Waals surface area contributed by atoms with Gasteiger partial charge in [-0.25, -0.2) is 0 Å². The monoisotopic (exact) mass is 289 g/mol. The van der Waals surface area contributed by atoms with Gasteiger partial charge in [0.15, 0.2) is 0 Å². The van der Waals surface area contributed by atoms with Gasteiger partial charge in [-0.05, 0) is 23.8 Å². The first-order valence-electron chi connectivity index (χ1n) is 4.26. The molecule has 6 heteroatoms. The van der Waals surface area contributed by atoms with Crippen LogP contribution < -0.4 is 5.32 Å². The van der Waals surface area contributed by atoms with Gasteiger partial charge in [0.2, 0.25) is 0 Å². The van der Waals surface area contributed by atoms with Crippen LogP contribution in [0.1, 0.15) is 5.56 Å². The Morgan fingerprint density at radius 1 is 1.38 bits per heavy atom. The second-order valence-corrected chi connectivity index (χ2v) is 5.58. The molecule has 0 bridgehead atoms. The molecule has 1 fully saturated rings. The molecule has 82 valence electrons. The number of hydrogen-bond acceptors (Lipinski definition) is 3. The van der Waals surface area contributed by atoms with Gasteiger partial charge < -0.3 is 5.32 Å². The van der Waals surface area contributed by atoms with E-state index in [1.165, 1.54) is 11.8 Å². The molecule has 1 N–H and O–H groups in total. The fraction of sp³-hybridized carbons (Fsp3) is 0. The van der Waals surface area contributed by atoms with Crippen LogP contribution in [0.5, 0.6) is 0 Å². The number of hydrogen-bond donors (Lipinski definition) is 1. The van der Waals surface area contributed by atoms with Crippen molar-refractivity contribution in [3.63, 3.8) is 0 Å². The summed E-state index contributed by atoms with van der Waals surface area (Å²) in [6.07, 6.45) is 1.69. The van der Waals surface area contributed by atoms with E-state index in [2.05, 4.69) is 5.32 Å². The van der Waals surface area contributed by atoms with Gasteiger partial charge in [-0.2, -0.15) is 0 Å². The Morgan fingerprint density at radius 3 is 2.69 bits per heavy atom. The quantitative estimate of drug-likeness (QED) is 0.634. The van der Waals surface area contributed by atoms with Crippen molar-refractivity contribution in [2.24, 2.45) is 0 Å². The predicted octanol–water partition coefficient (Wildman–Crippen LogP) is 3.48. The van der Waals surface area contributed by atoms with E-state index in [1.54, 1.807) is 24.3 Å². The van der Waals surface area contributed by atoms with Crippen molar-refractivity contribution in [1.29, 1.82) is 0 Å². The molecule has 0 saturated carbocycles. The maximum atomic E-state index is 11.4. The van der Waals surface area contributed by atoms with Crippen molar-refractivity contribution in [2.45, 2.75) is 0 Å². The molecule has 1 aromatic rings. The molecule has 0 unspecified atom stereocenters. The van der Waals surface area contributed by atoms with Crippen LogP contribution in [0.3, 0.4) is 0 Å². The molecule has 1 saturated heterocycles. The summed E-state index contributed by atoms with van der Waals surface area (Å²) in [6.45, 7) is 0. The highest BCUT2D eigenvalue weighted by Gasteiger charge is 2.22. The molecule has 0 atom stereocenters. The average Bonchev–Trinajstić information content (AvgIpc) is 2.50. The SMILES string of the molecule is O=C1NC(=S)SC1=Cc1ccc(Cl)cc1Cl. The van der Waals surface area contributed by atoms with Gasteiger partial charge in [0.05, 0.1) is 4.91 Å². The minimum Gasteiger partial charge on any atom is -0.307 e. The second kappa shape index (κ2) is 4.75. The highest BCUT2D eigenvalue weighted by molar-refractivity contribution is 8.26. The Morgan fingerprint density at radius 2 is 2.12 bits per heavy atom. The summed E-state index contributed by atoms with van der Waals surface area (Å²) < 4.78 is 0.460. The Bertz CT molecular complexity index is 514. The summed E-state index contributed by atoms with van der Waals surface area (Å²) >= 11 is 17.9. The molecule has 1 amide bonds.